The third-order valence-electron chi connectivity index (χ3n) is 5.09. The summed E-state index contributed by atoms with van der Waals surface area (Å²) in [6.07, 6.45) is 0. The molecule has 0 N–H and O–H groups in total. The first-order valence-corrected chi connectivity index (χ1v) is 7.66. The second-order valence-electron chi connectivity index (χ2n) is 6.10. The van der Waals surface area contributed by atoms with E-state index in [2.05, 4.69) is 0 Å². The number of nitrogens with zero attached hydrogens (tertiary/aromatic N) is 1. The number of benzene rings is 2. The Morgan fingerprint density at radius 3 is 2.35 bits per heavy atom. The Morgan fingerprint density at radius 2 is 1.70 bits per heavy atom. The van der Waals surface area contributed by atoms with Crippen molar-refractivity contribution in [3.05, 3.63) is 65.7 Å². The highest BCUT2D eigenvalue weighted by molar-refractivity contribution is 6.04. The van der Waals surface area contributed by atoms with Crippen molar-refractivity contribution in [2.45, 2.75) is 24.3 Å². The third kappa shape index (κ3) is 1.61. The van der Waals surface area contributed by atoms with E-state index >= 15 is 0 Å². The molecule has 2 aromatic rings. The minimum atomic E-state index is -0.796. The van der Waals surface area contributed by atoms with Gasteiger partial charge < -0.3 is 9.64 Å². The highest BCUT2D eigenvalue weighted by Gasteiger charge is 2.78. The lowest BCUT2D eigenvalue weighted by Crippen LogP contribution is -2.39. The molecule has 2 aliphatic rings. The Balaban J connectivity index is 1.93. The van der Waals surface area contributed by atoms with Crippen LogP contribution in [-0.4, -0.2) is 25.0 Å². The lowest BCUT2D eigenvalue weighted by molar-refractivity contribution is -0.144. The number of carbonyl (C=O) groups excluding carboxylic acids is 2. The maximum absolute atomic E-state index is 12.7. The monoisotopic (exact) mass is 307 g/mol. The van der Waals surface area contributed by atoms with Gasteiger partial charge in [-0.05, 0) is 17.2 Å². The lowest BCUT2D eigenvalue weighted by atomic mass is 9.88. The van der Waals surface area contributed by atoms with Crippen LogP contribution in [0.4, 0.5) is 5.69 Å². The molecule has 23 heavy (non-hydrogen) atoms. The molecule has 1 saturated carbocycles. The van der Waals surface area contributed by atoms with E-state index in [1.54, 1.807) is 11.8 Å². The molecular weight excluding hydrogens is 290 g/mol. The number of carbonyl (C=O) groups is 2. The summed E-state index contributed by atoms with van der Waals surface area (Å²) in [4.78, 5) is 26.7. The Labute approximate surface area is 134 Å². The summed E-state index contributed by atoms with van der Waals surface area (Å²) in [6.45, 7) is 1.55. The van der Waals surface area contributed by atoms with Gasteiger partial charge >= 0.3 is 5.97 Å². The van der Waals surface area contributed by atoms with Gasteiger partial charge in [0.15, 0.2) is 0 Å². The molecule has 0 aromatic heterocycles. The first kappa shape index (κ1) is 14.0. The molecule has 1 aliphatic heterocycles. The fourth-order valence-electron chi connectivity index (χ4n) is 4.22. The Bertz CT molecular complexity index is 801. The van der Waals surface area contributed by atoms with Gasteiger partial charge in [0.25, 0.3) is 0 Å². The van der Waals surface area contributed by atoms with E-state index in [1.165, 1.54) is 7.11 Å². The largest absolute Gasteiger partial charge is 0.468 e. The van der Waals surface area contributed by atoms with Crippen LogP contribution in [0.5, 0.6) is 0 Å². The number of amides is 1. The van der Waals surface area contributed by atoms with Crippen LogP contribution in [0.3, 0.4) is 0 Å². The van der Waals surface area contributed by atoms with Gasteiger partial charge in [0, 0.05) is 18.5 Å². The SMILES string of the molecule is COC(=O)C1(c2ccccc2)C2c3ccccc3N(C(C)=O)C21. The van der Waals surface area contributed by atoms with Crippen LogP contribution in [0, 0.1) is 0 Å². The van der Waals surface area contributed by atoms with Crippen molar-refractivity contribution < 1.29 is 14.3 Å². The molecule has 0 radical (unpaired) electrons. The quantitative estimate of drug-likeness (QED) is 0.801. The molecule has 1 amide bonds. The molecule has 0 spiro atoms. The standard InChI is InChI=1S/C19H17NO3/c1-12(21)20-15-11-7-6-10-14(15)16-17(20)19(16,18(22)23-2)13-8-4-3-5-9-13/h3-11,16-17H,1-2H3. The van der Waals surface area contributed by atoms with Crippen molar-refractivity contribution in [3.8, 4) is 0 Å². The number of ether oxygens (including phenoxy) is 1. The molecule has 4 rings (SSSR count). The van der Waals surface area contributed by atoms with E-state index in [9.17, 15) is 9.59 Å². The molecule has 2 aromatic carbocycles. The molecule has 4 heteroatoms. The van der Waals surface area contributed by atoms with Crippen molar-refractivity contribution in [1.29, 1.82) is 0 Å². The van der Waals surface area contributed by atoms with E-state index in [4.69, 9.17) is 4.74 Å². The Kier molecular flexibility index (Phi) is 2.85. The van der Waals surface area contributed by atoms with E-state index < -0.39 is 5.41 Å². The van der Waals surface area contributed by atoms with Crippen molar-refractivity contribution >= 4 is 17.6 Å². The minimum absolute atomic E-state index is 0.0440. The van der Waals surface area contributed by atoms with Gasteiger partial charge in [-0.25, -0.2) is 0 Å². The van der Waals surface area contributed by atoms with Gasteiger partial charge in [-0.1, -0.05) is 48.5 Å². The summed E-state index contributed by atoms with van der Waals surface area (Å²) in [5.41, 5.74) is 2.06. The Morgan fingerprint density at radius 1 is 1.04 bits per heavy atom. The number of rotatable bonds is 2. The molecule has 1 aliphatic carbocycles. The highest BCUT2D eigenvalue weighted by atomic mass is 16.5. The smallest absolute Gasteiger partial charge is 0.319 e. The molecule has 0 bridgehead atoms. The molecule has 3 unspecified atom stereocenters. The van der Waals surface area contributed by atoms with Gasteiger partial charge in [-0.3, -0.25) is 9.59 Å². The molecule has 0 saturated heterocycles. The number of para-hydroxylation sites is 1. The number of fused-ring (bicyclic) bond motifs is 3. The summed E-state index contributed by atoms with van der Waals surface area (Å²) in [6, 6.07) is 17.2. The average Bonchev–Trinajstić information content (AvgIpc) is 3.13. The first-order valence-electron chi connectivity index (χ1n) is 7.66. The van der Waals surface area contributed by atoms with Crippen molar-refractivity contribution in [3.63, 3.8) is 0 Å². The van der Waals surface area contributed by atoms with Crippen LogP contribution in [0.25, 0.3) is 0 Å². The lowest BCUT2D eigenvalue weighted by Gasteiger charge is -2.26. The summed E-state index contributed by atoms with van der Waals surface area (Å²) in [7, 11) is 1.41. The van der Waals surface area contributed by atoms with E-state index in [0.717, 1.165) is 16.8 Å². The summed E-state index contributed by atoms with van der Waals surface area (Å²) in [5.74, 6) is -0.372. The average molecular weight is 307 g/mol. The maximum atomic E-state index is 12.7. The van der Waals surface area contributed by atoms with Crippen molar-refractivity contribution in [2.75, 3.05) is 12.0 Å². The topological polar surface area (TPSA) is 46.6 Å². The fourth-order valence-corrected chi connectivity index (χ4v) is 4.22. The molecule has 1 fully saturated rings. The third-order valence-corrected chi connectivity index (χ3v) is 5.09. The van der Waals surface area contributed by atoms with Gasteiger partial charge in [0.05, 0.1) is 13.2 Å². The number of hydrogen-bond donors (Lipinski definition) is 0. The Hall–Kier alpha value is -2.62. The number of methoxy groups -OCH3 is 1. The first-order chi connectivity index (χ1) is 11.1. The van der Waals surface area contributed by atoms with Gasteiger partial charge in [0.1, 0.15) is 5.41 Å². The van der Waals surface area contributed by atoms with Crippen LogP contribution in [0.1, 0.15) is 24.0 Å². The molecule has 116 valence electrons. The zero-order valence-corrected chi connectivity index (χ0v) is 13.0. The van der Waals surface area contributed by atoms with Crippen LogP contribution in [0.15, 0.2) is 54.6 Å². The molecule has 4 nitrogen and oxygen atoms in total. The second-order valence-corrected chi connectivity index (χ2v) is 6.10. The predicted octanol–water partition coefficient (Wildman–Crippen LogP) is 2.63. The van der Waals surface area contributed by atoms with E-state index in [1.807, 2.05) is 54.6 Å². The number of anilines is 1. The van der Waals surface area contributed by atoms with E-state index in [-0.39, 0.29) is 23.8 Å². The van der Waals surface area contributed by atoms with Crippen molar-refractivity contribution in [1.82, 2.24) is 0 Å². The normalized spacial score (nSPS) is 27.1. The number of esters is 1. The summed E-state index contributed by atoms with van der Waals surface area (Å²) >= 11 is 0. The van der Waals surface area contributed by atoms with Crippen LogP contribution >= 0.6 is 0 Å². The predicted molar refractivity (Wildman–Crippen MR) is 86.3 cm³/mol. The zero-order valence-electron chi connectivity index (χ0n) is 13.0. The summed E-state index contributed by atoms with van der Waals surface area (Å²) < 4.78 is 5.13. The highest BCUT2D eigenvalue weighted by Crippen LogP contribution is 2.69. The maximum Gasteiger partial charge on any atom is 0.319 e. The second kappa shape index (κ2) is 4.69. The van der Waals surface area contributed by atoms with Gasteiger partial charge in [-0.15, -0.1) is 0 Å². The molecular formula is C19H17NO3. The minimum Gasteiger partial charge on any atom is -0.468 e. The molecule has 3 atom stereocenters. The van der Waals surface area contributed by atoms with Crippen molar-refractivity contribution in [2.24, 2.45) is 0 Å². The fraction of sp³-hybridized carbons (Fsp3) is 0.263. The summed E-state index contributed by atoms with van der Waals surface area (Å²) in [5, 5.41) is 0. The van der Waals surface area contributed by atoms with Gasteiger partial charge in [0.2, 0.25) is 5.91 Å². The molecule has 1 heterocycles. The van der Waals surface area contributed by atoms with E-state index in [0.29, 0.717) is 0 Å². The zero-order chi connectivity index (χ0) is 16.2. The number of hydrogen-bond acceptors (Lipinski definition) is 3. The van der Waals surface area contributed by atoms with Crippen LogP contribution in [-0.2, 0) is 19.7 Å². The van der Waals surface area contributed by atoms with Crippen LogP contribution in [0.2, 0.25) is 0 Å². The van der Waals surface area contributed by atoms with Gasteiger partial charge in [-0.2, -0.15) is 0 Å². The van der Waals surface area contributed by atoms with Crippen LogP contribution < -0.4 is 4.90 Å².